The fourth-order valence-electron chi connectivity index (χ4n) is 3.25. The number of aliphatic hydroxyl groups is 3. The molecule has 1 saturated heterocycles. The molecule has 8 heteroatoms. The highest BCUT2D eigenvalue weighted by molar-refractivity contribution is 5.65. The van der Waals surface area contributed by atoms with E-state index in [0.717, 1.165) is 0 Å². The Kier molecular flexibility index (Phi) is 2.18. The average Bonchev–Trinajstić information content (AvgIpc) is 2.82. The van der Waals surface area contributed by atoms with Crippen LogP contribution in [0.1, 0.15) is 11.8 Å². The van der Waals surface area contributed by atoms with Crippen molar-refractivity contribution in [1.29, 1.82) is 0 Å². The van der Waals surface area contributed by atoms with Crippen LogP contribution in [0.15, 0.2) is 31.1 Å². The first-order chi connectivity index (χ1) is 9.97. The van der Waals surface area contributed by atoms with Crippen molar-refractivity contribution in [1.82, 2.24) is 14.6 Å². The topological polar surface area (TPSA) is 126 Å². The van der Waals surface area contributed by atoms with Crippen LogP contribution in [-0.4, -0.2) is 53.3 Å². The molecule has 1 aliphatic carbocycles. The van der Waals surface area contributed by atoms with E-state index in [9.17, 15) is 15.3 Å². The highest BCUT2D eigenvalue weighted by Gasteiger charge is 2.86. The molecule has 2 aliphatic rings. The van der Waals surface area contributed by atoms with Crippen molar-refractivity contribution in [2.75, 3.05) is 5.73 Å². The van der Waals surface area contributed by atoms with Gasteiger partial charge in [0, 0.05) is 0 Å². The molecule has 5 N–H and O–H groups in total. The molecule has 0 aromatic carbocycles. The summed E-state index contributed by atoms with van der Waals surface area (Å²) in [6.45, 7) is 3.57. The highest BCUT2D eigenvalue weighted by Crippen LogP contribution is 2.63. The second kappa shape index (κ2) is 3.60. The van der Waals surface area contributed by atoms with E-state index in [0.29, 0.717) is 17.0 Å². The van der Waals surface area contributed by atoms with Gasteiger partial charge in [0.15, 0.2) is 11.4 Å². The molecule has 1 saturated carbocycles. The first-order valence-electron chi connectivity index (χ1n) is 6.45. The molecule has 3 heterocycles. The Morgan fingerprint density at radius 1 is 1.43 bits per heavy atom. The summed E-state index contributed by atoms with van der Waals surface area (Å²) in [5, 5.41) is 34.7. The zero-order chi connectivity index (χ0) is 15.0. The fourth-order valence-corrected chi connectivity index (χ4v) is 3.25. The largest absolute Gasteiger partial charge is 0.387 e. The molecular weight excluding hydrogens is 276 g/mol. The molecular formula is C13H14N4O4. The van der Waals surface area contributed by atoms with Gasteiger partial charge in [-0.05, 0) is 12.1 Å². The number of hydrogen-bond acceptors (Lipinski definition) is 7. The van der Waals surface area contributed by atoms with Gasteiger partial charge in [-0.3, -0.25) is 0 Å². The molecule has 1 aliphatic heterocycles. The van der Waals surface area contributed by atoms with Crippen LogP contribution >= 0.6 is 0 Å². The number of fused-ring (bicyclic) bond motifs is 2. The van der Waals surface area contributed by atoms with Crippen LogP contribution in [0.5, 0.6) is 0 Å². The Hall–Kier alpha value is -2.00. The summed E-state index contributed by atoms with van der Waals surface area (Å²) in [6, 6.07) is 3.39. The fraction of sp³-hybridized carbons (Fsp3) is 0.385. The number of ether oxygens (including phenoxy) is 1. The SMILES string of the molecule is C=C[C@]12O[C@@H](c3ccc4c(N)ncnn34)[C@H](O)[C@@]1(O)C2O. The molecule has 8 nitrogen and oxygen atoms in total. The van der Waals surface area contributed by atoms with Gasteiger partial charge in [0.1, 0.15) is 35.8 Å². The molecule has 2 aromatic heterocycles. The Morgan fingerprint density at radius 2 is 2.19 bits per heavy atom. The summed E-state index contributed by atoms with van der Waals surface area (Å²) < 4.78 is 7.20. The third-order valence-electron chi connectivity index (χ3n) is 4.53. The Balaban J connectivity index is 1.82. The molecule has 4 rings (SSSR count). The van der Waals surface area contributed by atoms with Crippen LogP contribution in [0.4, 0.5) is 5.82 Å². The van der Waals surface area contributed by atoms with Crippen molar-refractivity contribution in [2.24, 2.45) is 0 Å². The van der Waals surface area contributed by atoms with E-state index in [1.165, 1.54) is 16.9 Å². The summed E-state index contributed by atoms with van der Waals surface area (Å²) in [5.41, 5.74) is 3.75. The van der Waals surface area contributed by atoms with Gasteiger partial charge >= 0.3 is 0 Å². The first kappa shape index (κ1) is 12.7. The van der Waals surface area contributed by atoms with Gasteiger partial charge in [-0.1, -0.05) is 6.08 Å². The lowest BCUT2D eigenvalue weighted by Gasteiger charge is -2.21. The van der Waals surface area contributed by atoms with Crippen LogP contribution in [0.25, 0.3) is 5.52 Å². The zero-order valence-corrected chi connectivity index (χ0v) is 10.9. The molecule has 0 amide bonds. The van der Waals surface area contributed by atoms with E-state index in [-0.39, 0.29) is 0 Å². The molecule has 0 radical (unpaired) electrons. The normalized spacial score (nSPS) is 41.2. The summed E-state index contributed by atoms with van der Waals surface area (Å²) in [7, 11) is 0. The van der Waals surface area contributed by atoms with Crippen LogP contribution in [0, 0.1) is 0 Å². The van der Waals surface area contributed by atoms with Crippen LogP contribution in [0.3, 0.4) is 0 Å². The van der Waals surface area contributed by atoms with Gasteiger partial charge in [0.05, 0.1) is 5.69 Å². The van der Waals surface area contributed by atoms with E-state index >= 15 is 0 Å². The number of nitrogens with two attached hydrogens (primary N) is 1. The third-order valence-corrected chi connectivity index (χ3v) is 4.53. The third kappa shape index (κ3) is 1.20. The van der Waals surface area contributed by atoms with E-state index in [4.69, 9.17) is 10.5 Å². The molecule has 110 valence electrons. The van der Waals surface area contributed by atoms with E-state index in [1.807, 2.05) is 0 Å². The van der Waals surface area contributed by atoms with Gasteiger partial charge in [-0.2, -0.15) is 5.10 Å². The van der Waals surface area contributed by atoms with Gasteiger partial charge < -0.3 is 25.8 Å². The summed E-state index contributed by atoms with van der Waals surface area (Å²) in [4.78, 5) is 3.88. The van der Waals surface area contributed by atoms with Gasteiger partial charge in [0.2, 0.25) is 0 Å². The second-order valence-corrected chi connectivity index (χ2v) is 5.41. The smallest absolute Gasteiger partial charge is 0.157 e. The van der Waals surface area contributed by atoms with Gasteiger partial charge in [0.25, 0.3) is 0 Å². The van der Waals surface area contributed by atoms with E-state index < -0.39 is 29.5 Å². The van der Waals surface area contributed by atoms with Crippen molar-refractivity contribution in [3.63, 3.8) is 0 Å². The maximum absolute atomic E-state index is 10.4. The number of aliphatic hydroxyl groups excluding tert-OH is 2. The maximum Gasteiger partial charge on any atom is 0.157 e. The summed E-state index contributed by atoms with van der Waals surface area (Å²) in [6.07, 6.45) is -0.742. The van der Waals surface area contributed by atoms with Crippen molar-refractivity contribution in [2.45, 2.75) is 29.5 Å². The number of aromatic nitrogens is 3. The molecule has 2 aromatic rings. The quantitative estimate of drug-likeness (QED) is 0.510. The van der Waals surface area contributed by atoms with Gasteiger partial charge in [-0.15, -0.1) is 6.58 Å². The Bertz CT molecular complexity index is 762. The van der Waals surface area contributed by atoms with E-state index in [1.54, 1.807) is 12.1 Å². The lowest BCUT2D eigenvalue weighted by atomic mass is 10.0. The lowest BCUT2D eigenvalue weighted by Crippen LogP contribution is -2.35. The monoisotopic (exact) mass is 290 g/mol. The molecule has 1 unspecified atom stereocenters. The minimum atomic E-state index is -1.75. The standard InChI is InChI=1S/C13H14N4O4/c1-2-12-11(19)13(12,20)9(18)8(21-12)6-3-4-7-10(14)15-5-16-17(6)7/h2-5,8-9,11,18-20H,1H2,(H2,14,15,16)/t8-,9-,11?,12+,13+/m0/s1. The van der Waals surface area contributed by atoms with Crippen molar-refractivity contribution >= 4 is 11.3 Å². The van der Waals surface area contributed by atoms with E-state index in [2.05, 4.69) is 16.7 Å². The zero-order valence-electron chi connectivity index (χ0n) is 10.9. The van der Waals surface area contributed by atoms with Crippen LogP contribution in [0.2, 0.25) is 0 Å². The van der Waals surface area contributed by atoms with Crippen LogP contribution < -0.4 is 5.73 Å². The summed E-state index contributed by atoms with van der Waals surface area (Å²) in [5.74, 6) is 0.297. The number of nitrogen functional groups attached to an aromatic ring is 1. The Labute approximate surface area is 119 Å². The lowest BCUT2D eigenvalue weighted by molar-refractivity contribution is -0.0761. The number of anilines is 1. The predicted octanol–water partition coefficient (Wildman–Crippen LogP) is -1.23. The Morgan fingerprint density at radius 3 is 2.86 bits per heavy atom. The van der Waals surface area contributed by atoms with Crippen LogP contribution in [-0.2, 0) is 4.74 Å². The summed E-state index contributed by atoms with van der Waals surface area (Å²) >= 11 is 0. The average molecular weight is 290 g/mol. The van der Waals surface area contributed by atoms with Crippen molar-refractivity contribution in [3.8, 4) is 0 Å². The second-order valence-electron chi connectivity index (χ2n) is 5.41. The first-order valence-corrected chi connectivity index (χ1v) is 6.45. The molecule has 0 bridgehead atoms. The number of nitrogens with zero attached hydrogens (tertiary/aromatic N) is 3. The molecule has 5 atom stereocenters. The molecule has 2 fully saturated rings. The van der Waals surface area contributed by atoms with Crippen molar-refractivity contribution in [3.05, 3.63) is 36.8 Å². The molecule has 0 spiro atoms. The highest BCUT2D eigenvalue weighted by atomic mass is 16.6. The number of rotatable bonds is 2. The minimum absolute atomic E-state index is 0.297. The molecule has 21 heavy (non-hydrogen) atoms. The number of hydrogen-bond donors (Lipinski definition) is 4. The maximum atomic E-state index is 10.4. The van der Waals surface area contributed by atoms with Crippen molar-refractivity contribution < 1.29 is 20.1 Å². The predicted molar refractivity (Wildman–Crippen MR) is 71.1 cm³/mol. The minimum Gasteiger partial charge on any atom is -0.387 e. The van der Waals surface area contributed by atoms with Gasteiger partial charge in [-0.25, -0.2) is 9.50 Å².